The molecule has 1 heterocycles. The second-order valence-corrected chi connectivity index (χ2v) is 6.34. The van der Waals surface area contributed by atoms with E-state index in [1.807, 2.05) is 60.7 Å². The van der Waals surface area contributed by atoms with E-state index in [1.165, 1.54) is 5.56 Å². The summed E-state index contributed by atoms with van der Waals surface area (Å²) in [6.07, 6.45) is 0. The second kappa shape index (κ2) is 7.96. The van der Waals surface area contributed by atoms with E-state index in [-0.39, 0.29) is 6.04 Å². The molecule has 0 saturated heterocycles. The molecule has 4 heteroatoms. The highest BCUT2D eigenvalue weighted by atomic mass is 16.5. The van der Waals surface area contributed by atoms with Crippen LogP contribution >= 0.6 is 0 Å². The zero-order valence-electron chi connectivity index (χ0n) is 15.2. The smallest absolute Gasteiger partial charge is 0.216 e. The lowest BCUT2D eigenvalue weighted by atomic mass is 10.1. The predicted molar refractivity (Wildman–Crippen MR) is 105 cm³/mol. The number of nitrogens with zero attached hydrogens (tertiary/aromatic N) is 1. The van der Waals surface area contributed by atoms with Crippen LogP contribution < -0.4 is 9.47 Å². The minimum absolute atomic E-state index is 0.0559. The first kappa shape index (κ1) is 17.2. The molecule has 4 nitrogen and oxygen atoms in total. The lowest BCUT2D eigenvalue weighted by Gasteiger charge is -2.08. The van der Waals surface area contributed by atoms with Crippen molar-refractivity contribution >= 4 is 5.90 Å². The lowest BCUT2D eigenvalue weighted by Crippen LogP contribution is -2.03. The zero-order chi connectivity index (χ0) is 18.5. The fourth-order valence-corrected chi connectivity index (χ4v) is 3.01. The molecule has 1 aliphatic rings. The number of benzene rings is 3. The summed E-state index contributed by atoms with van der Waals surface area (Å²) in [6, 6.07) is 26.0. The van der Waals surface area contributed by atoms with Crippen molar-refractivity contribution in [1.29, 1.82) is 0 Å². The second-order valence-electron chi connectivity index (χ2n) is 6.34. The summed E-state index contributed by atoms with van der Waals surface area (Å²) in [7, 11) is 1.65. The fraction of sp³-hybridized carbons (Fsp3) is 0.174. The molecule has 0 radical (unpaired) electrons. The molecule has 0 aliphatic carbocycles. The van der Waals surface area contributed by atoms with Gasteiger partial charge in [-0.1, -0.05) is 42.5 Å². The van der Waals surface area contributed by atoms with Gasteiger partial charge < -0.3 is 14.2 Å². The maximum atomic E-state index is 5.86. The van der Waals surface area contributed by atoms with Crippen LogP contribution in [0.15, 0.2) is 83.9 Å². The van der Waals surface area contributed by atoms with Crippen molar-refractivity contribution in [2.75, 3.05) is 13.7 Å². The van der Waals surface area contributed by atoms with Crippen LogP contribution in [0.2, 0.25) is 0 Å². The SMILES string of the molecule is COc1ccc(OCc2cccc(C3=N[C@H](c4ccccc4)CO3)c2)cc1. The molecular weight excluding hydrogens is 338 g/mol. The Bertz CT molecular complexity index is 920. The van der Waals surface area contributed by atoms with Gasteiger partial charge >= 0.3 is 0 Å². The fourth-order valence-electron chi connectivity index (χ4n) is 3.01. The van der Waals surface area contributed by atoms with Gasteiger partial charge in [0.15, 0.2) is 0 Å². The molecule has 27 heavy (non-hydrogen) atoms. The predicted octanol–water partition coefficient (Wildman–Crippen LogP) is 4.79. The van der Waals surface area contributed by atoms with E-state index in [9.17, 15) is 0 Å². The van der Waals surface area contributed by atoms with E-state index >= 15 is 0 Å². The maximum Gasteiger partial charge on any atom is 0.216 e. The highest BCUT2D eigenvalue weighted by Crippen LogP contribution is 2.25. The summed E-state index contributed by atoms with van der Waals surface area (Å²) >= 11 is 0. The third kappa shape index (κ3) is 4.11. The van der Waals surface area contributed by atoms with Gasteiger partial charge in [-0.3, -0.25) is 0 Å². The van der Waals surface area contributed by atoms with Crippen LogP contribution in [0.3, 0.4) is 0 Å². The molecule has 1 atom stereocenters. The molecule has 0 N–H and O–H groups in total. The molecule has 0 saturated carbocycles. The molecule has 0 unspecified atom stereocenters. The Hall–Kier alpha value is -3.27. The molecule has 0 aromatic heterocycles. The quantitative estimate of drug-likeness (QED) is 0.635. The van der Waals surface area contributed by atoms with Crippen molar-refractivity contribution in [2.24, 2.45) is 4.99 Å². The molecule has 3 aromatic carbocycles. The lowest BCUT2D eigenvalue weighted by molar-refractivity contribution is 0.305. The molecule has 0 spiro atoms. The van der Waals surface area contributed by atoms with Gasteiger partial charge in [-0.15, -0.1) is 0 Å². The number of rotatable bonds is 6. The molecular formula is C23H21NO3. The van der Waals surface area contributed by atoms with E-state index < -0.39 is 0 Å². The average molecular weight is 359 g/mol. The molecule has 0 bridgehead atoms. The van der Waals surface area contributed by atoms with Crippen molar-refractivity contribution in [3.05, 3.63) is 95.6 Å². The van der Waals surface area contributed by atoms with Gasteiger partial charge in [-0.25, -0.2) is 4.99 Å². The van der Waals surface area contributed by atoms with Crippen LogP contribution in [0.1, 0.15) is 22.7 Å². The standard InChI is InChI=1S/C23H21NO3/c1-25-20-10-12-21(13-11-20)26-15-17-6-5-9-19(14-17)23-24-22(16-27-23)18-7-3-2-4-8-18/h2-14,22H,15-16H2,1H3/t22-/m0/s1. The van der Waals surface area contributed by atoms with Gasteiger partial charge in [-0.2, -0.15) is 0 Å². The summed E-state index contributed by atoms with van der Waals surface area (Å²) < 4.78 is 16.9. The Morgan fingerprint density at radius 1 is 0.926 bits per heavy atom. The van der Waals surface area contributed by atoms with Crippen molar-refractivity contribution in [2.45, 2.75) is 12.6 Å². The van der Waals surface area contributed by atoms with E-state index in [4.69, 9.17) is 19.2 Å². The van der Waals surface area contributed by atoms with Crippen LogP contribution in [-0.2, 0) is 11.3 Å². The van der Waals surface area contributed by atoms with Gasteiger partial charge in [0, 0.05) is 5.56 Å². The Labute approximate surface area is 159 Å². The molecule has 0 amide bonds. The maximum absolute atomic E-state index is 5.86. The summed E-state index contributed by atoms with van der Waals surface area (Å²) in [5.74, 6) is 2.31. The number of aliphatic imine (C=N–C) groups is 1. The minimum Gasteiger partial charge on any atom is -0.497 e. The number of hydrogen-bond donors (Lipinski definition) is 0. The summed E-state index contributed by atoms with van der Waals surface area (Å²) in [6.45, 7) is 1.06. The van der Waals surface area contributed by atoms with Gasteiger partial charge in [0.2, 0.25) is 5.90 Å². The first-order valence-corrected chi connectivity index (χ1v) is 8.93. The summed E-state index contributed by atoms with van der Waals surface area (Å²) in [5, 5.41) is 0. The average Bonchev–Trinajstić information content (AvgIpc) is 3.24. The Morgan fingerprint density at radius 3 is 2.48 bits per heavy atom. The molecule has 4 rings (SSSR count). The largest absolute Gasteiger partial charge is 0.497 e. The van der Waals surface area contributed by atoms with E-state index in [2.05, 4.69) is 18.2 Å². The Balaban J connectivity index is 1.44. The highest BCUT2D eigenvalue weighted by molar-refractivity contribution is 5.95. The Morgan fingerprint density at radius 2 is 1.70 bits per heavy atom. The van der Waals surface area contributed by atoms with Crippen molar-refractivity contribution < 1.29 is 14.2 Å². The first-order valence-electron chi connectivity index (χ1n) is 8.93. The van der Waals surface area contributed by atoms with E-state index in [0.29, 0.717) is 19.1 Å². The van der Waals surface area contributed by atoms with Crippen LogP contribution in [-0.4, -0.2) is 19.6 Å². The third-order valence-corrected chi connectivity index (χ3v) is 4.47. The van der Waals surface area contributed by atoms with E-state index in [0.717, 1.165) is 22.6 Å². The summed E-state index contributed by atoms with van der Waals surface area (Å²) in [5.41, 5.74) is 3.22. The first-order chi connectivity index (χ1) is 13.3. The number of ether oxygens (including phenoxy) is 3. The van der Waals surface area contributed by atoms with Gasteiger partial charge in [0.1, 0.15) is 30.8 Å². The van der Waals surface area contributed by atoms with Gasteiger partial charge in [0.05, 0.1) is 7.11 Å². The Kier molecular flexibility index (Phi) is 5.06. The molecule has 1 aliphatic heterocycles. The third-order valence-electron chi connectivity index (χ3n) is 4.47. The minimum atomic E-state index is 0.0559. The van der Waals surface area contributed by atoms with Crippen LogP contribution in [0.4, 0.5) is 0 Å². The van der Waals surface area contributed by atoms with Gasteiger partial charge in [0.25, 0.3) is 0 Å². The highest BCUT2D eigenvalue weighted by Gasteiger charge is 2.21. The zero-order valence-corrected chi connectivity index (χ0v) is 15.2. The molecule has 136 valence electrons. The van der Waals surface area contributed by atoms with Gasteiger partial charge in [-0.05, 0) is 47.5 Å². The molecule has 3 aromatic rings. The normalized spacial score (nSPS) is 15.7. The van der Waals surface area contributed by atoms with E-state index in [1.54, 1.807) is 7.11 Å². The number of methoxy groups -OCH3 is 1. The van der Waals surface area contributed by atoms with Crippen LogP contribution in [0, 0.1) is 0 Å². The van der Waals surface area contributed by atoms with Crippen molar-refractivity contribution in [1.82, 2.24) is 0 Å². The topological polar surface area (TPSA) is 40.0 Å². The monoisotopic (exact) mass is 359 g/mol. The van der Waals surface area contributed by atoms with Crippen LogP contribution in [0.5, 0.6) is 11.5 Å². The molecule has 0 fully saturated rings. The van der Waals surface area contributed by atoms with Crippen molar-refractivity contribution in [3.8, 4) is 11.5 Å². The summed E-state index contributed by atoms with van der Waals surface area (Å²) in [4.78, 5) is 4.75. The number of hydrogen-bond acceptors (Lipinski definition) is 4. The van der Waals surface area contributed by atoms with Crippen molar-refractivity contribution in [3.63, 3.8) is 0 Å². The van der Waals surface area contributed by atoms with Crippen LogP contribution in [0.25, 0.3) is 0 Å².